The van der Waals surface area contributed by atoms with E-state index < -0.39 is 0 Å². The van der Waals surface area contributed by atoms with Crippen LogP contribution in [0, 0.1) is 5.92 Å². The average Bonchev–Trinajstić information content (AvgIpc) is 2.75. The summed E-state index contributed by atoms with van der Waals surface area (Å²) in [5.41, 5.74) is 0. The lowest BCUT2D eigenvalue weighted by molar-refractivity contribution is -0.131. The summed E-state index contributed by atoms with van der Waals surface area (Å²) >= 11 is 0. The molecule has 0 aromatic rings. The van der Waals surface area contributed by atoms with Crippen molar-refractivity contribution in [3.63, 3.8) is 0 Å². The van der Waals surface area contributed by atoms with Crippen molar-refractivity contribution >= 4 is 5.91 Å². The first kappa shape index (κ1) is 18.4. The van der Waals surface area contributed by atoms with Gasteiger partial charge in [0.2, 0.25) is 5.91 Å². The maximum Gasteiger partial charge on any atom is 0.241 e. The predicted molar refractivity (Wildman–Crippen MR) is 87.1 cm³/mol. The number of hydrogen-bond acceptors (Lipinski definition) is 3. The Morgan fingerprint density at radius 1 is 1.24 bits per heavy atom. The summed E-state index contributed by atoms with van der Waals surface area (Å²) in [6, 6.07) is 0.0125. The van der Waals surface area contributed by atoms with Crippen molar-refractivity contribution < 1.29 is 9.53 Å². The van der Waals surface area contributed by atoms with Crippen LogP contribution in [0.2, 0.25) is 0 Å². The lowest BCUT2D eigenvalue weighted by atomic mass is 9.99. The molecule has 3 atom stereocenters. The molecule has 0 aromatic heterocycles. The molecule has 124 valence electrons. The number of ether oxygens (including phenoxy) is 1. The average molecular weight is 298 g/mol. The molecule has 0 bridgehead atoms. The van der Waals surface area contributed by atoms with Crippen molar-refractivity contribution in [1.82, 2.24) is 10.2 Å². The van der Waals surface area contributed by atoms with E-state index in [1.807, 2.05) is 0 Å². The molecular formula is C17H34N2O2. The number of carbonyl (C=O) groups is 1. The van der Waals surface area contributed by atoms with Crippen LogP contribution in [0.3, 0.4) is 0 Å². The maximum absolute atomic E-state index is 12.6. The van der Waals surface area contributed by atoms with Crippen molar-refractivity contribution in [2.45, 2.75) is 85.0 Å². The van der Waals surface area contributed by atoms with E-state index in [-0.39, 0.29) is 12.2 Å². The summed E-state index contributed by atoms with van der Waals surface area (Å²) < 4.78 is 5.57. The highest BCUT2D eigenvalue weighted by Gasteiger charge is 2.39. The molecule has 1 fully saturated rings. The number of unbranched alkanes of at least 4 members (excludes halogenated alkanes) is 1. The van der Waals surface area contributed by atoms with Crippen LogP contribution in [0.5, 0.6) is 0 Å². The van der Waals surface area contributed by atoms with E-state index in [1.165, 1.54) is 0 Å². The molecule has 1 heterocycles. The summed E-state index contributed by atoms with van der Waals surface area (Å²) in [4.78, 5) is 14.7. The quantitative estimate of drug-likeness (QED) is 0.630. The molecule has 0 aliphatic carbocycles. The molecule has 1 aliphatic heterocycles. The third-order valence-corrected chi connectivity index (χ3v) is 4.32. The second-order valence-corrected chi connectivity index (χ2v) is 6.49. The largest absolute Gasteiger partial charge is 0.379 e. The monoisotopic (exact) mass is 298 g/mol. The van der Waals surface area contributed by atoms with E-state index in [0.29, 0.717) is 17.9 Å². The van der Waals surface area contributed by atoms with Crippen LogP contribution in [-0.4, -0.2) is 42.3 Å². The molecule has 1 N–H and O–H groups in total. The molecule has 1 aliphatic rings. The minimum Gasteiger partial charge on any atom is -0.379 e. The van der Waals surface area contributed by atoms with Gasteiger partial charge in [-0.05, 0) is 39.0 Å². The lowest BCUT2D eigenvalue weighted by Gasteiger charge is -2.24. The number of nitrogens with one attached hydrogen (secondary N) is 1. The SMILES string of the molecule is CCCC1NC(C(C)CC)C(=O)N1CCCCOC(C)C. The Balaban J connectivity index is 2.46. The number of carbonyl (C=O) groups excluding carboxylic acids is 1. The Kier molecular flexibility index (Phi) is 8.27. The highest BCUT2D eigenvalue weighted by Crippen LogP contribution is 2.22. The van der Waals surface area contributed by atoms with E-state index in [9.17, 15) is 4.79 Å². The third kappa shape index (κ3) is 5.59. The smallest absolute Gasteiger partial charge is 0.241 e. The second kappa shape index (κ2) is 9.42. The van der Waals surface area contributed by atoms with Crippen LogP contribution in [-0.2, 0) is 9.53 Å². The van der Waals surface area contributed by atoms with Crippen molar-refractivity contribution in [2.24, 2.45) is 5.92 Å². The first-order chi connectivity index (χ1) is 10.0. The van der Waals surface area contributed by atoms with Crippen LogP contribution in [0.25, 0.3) is 0 Å². The molecule has 0 aromatic carbocycles. The summed E-state index contributed by atoms with van der Waals surface area (Å²) in [6.07, 6.45) is 5.75. The van der Waals surface area contributed by atoms with Gasteiger partial charge in [-0.3, -0.25) is 10.1 Å². The minimum absolute atomic E-state index is 0.0125. The third-order valence-electron chi connectivity index (χ3n) is 4.32. The molecule has 4 nitrogen and oxygen atoms in total. The minimum atomic E-state index is 0.0125. The van der Waals surface area contributed by atoms with Gasteiger partial charge in [0.25, 0.3) is 0 Å². The van der Waals surface area contributed by atoms with Gasteiger partial charge in [0.15, 0.2) is 0 Å². The highest BCUT2D eigenvalue weighted by atomic mass is 16.5. The van der Waals surface area contributed by atoms with Crippen molar-refractivity contribution in [1.29, 1.82) is 0 Å². The topological polar surface area (TPSA) is 41.6 Å². The van der Waals surface area contributed by atoms with Crippen molar-refractivity contribution in [2.75, 3.05) is 13.2 Å². The fourth-order valence-corrected chi connectivity index (χ4v) is 2.83. The second-order valence-electron chi connectivity index (χ2n) is 6.49. The lowest BCUT2D eigenvalue weighted by Crippen LogP contribution is -2.38. The normalized spacial score (nSPS) is 24.1. The van der Waals surface area contributed by atoms with Gasteiger partial charge in [-0.2, -0.15) is 0 Å². The highest BCUT2D eigenvalue weighted by molar-refractivity contribution is 5.84. The zero-order valence-corrected chi connectivity index (χ0v) is 14.5. The molecule has 4 heteroatoms. The maximum atomic E-state index is 12.6. The van der Waals surface area contributed by atoms with Crippen molar-refractivity contribution in [3.8, 4) is 0 Å². The summed E-state index contributed by atoms with van der Waals surface area (Å²) in [5, 5.41) is 3.55. The van der Waals surface area contributed by atoms with Crippen LogP contribution in [0.15, 0.2) is 0 Å². The van der Waals surface area contributed by atoms with E-state index >= 15 is 0 Å². The van der Waals surface area contributed by atoms with Gasteiger partial charge in [-0.15, -0.1) is 0 Å². The Morgan fingerprint density at radius 3 is 2.52 bits per heavy atom. The number of nitrogens with zero attached hydrogens (tertiary/aromatic N) is 1. The molecule has 21 heavy (non-hydrogen) atoms. The van der Waals surface area contributed by atoms with E-state index in [1.54, 1.807) is 0 Å². The van der Waals surface area contributed by atoms with Crippen LogP contribution < -0.4 is 5.32 Å². The summed E-state index contributed by atoms with van der Waals surface area (Å²) in [5.74, 6) is 0.707. The number of hydrogen-bond donors (Lipinski definition) is 1. The molecule has 1 amide bonds. The van der Waals surface area contributed by atoms with Crippen molar-refractivity contribution in [3.05, 3.63) is 0 Å². The first-order valence-electron chi connectivity index (χ1n) is 8.69. The molecule has 0 saturated carbocycles. The first-order valence-corrected chi connectivity index (χ1v) is 8.69. The zero-order valence-electron chi connectivity index (χ0n) is 14.5. The van der Waals surface area contributed by atoms with Gasteiger partial charge < -0.3 is 9.64 Å². The van der Waals surface area contributed by atoms with E-state index in [0.717, 1.165) is 45.3 Å². The van der Waals surface area contributed by atoms with Gasteiger partial charge in [0.1, 0.15) is 0 Å². The van der Waals surface area contributed by atoms with Crippen LogP contribution in [0.4, 0.5) is 0 Å². The zero-order chi connectivity index (χ0) is 15.8. The predicted octanol–water partition coefficient (Wildman–Crippen LogP) is 3.16. The summed E-state index contributed by atoms with van der Waals surface area (Å²) in [6.45, 7) is 12.3. The number of amides is 1. The Labute approximate surface area is 130 Å². The molecule has 1 saturated heterocycles. The van der Waals surface area contributed by atoms with Crippen LogP contribution in [0.1, 0.15) is 66.7 Å². The Bertz CT molecular complexity index is 307. The molecule has 0 spiro atoms. The fraction of sp³-hybridized carbons (Fsp3) is 0.941. The summed E-state index contributed by atoms with van der Waals surface area (Å²) in [7, 11) is 0. The van der Waals surface area contributed by atoms with Gasteiger partial charge in [0.05, 0.1) is 18.3 Å². The Morgan fingerprint density at radius 2 is 1.95 bits per heavy atom. The van der Waals surface area contributed by atoms with Gasteiger partial charge in [-0.1, -0.05) is 33.6 Å². The van der Waals surface area contributed by atoms with Gasteiger partial charge >= 0.3 is 0 Å². The molecular weight excluding hydrogens is 264 g/mol. The Hall–Kier alpha value is -0.610. The number of rotatable bonds is 10. The fourth-order valence-electron chi connectivity index (χ4n) is 2.83. The standard InChI is InChI=1S/C17H34N2O2/c1-6-10-15-18-16(14(5)7-2)17(20)19(15)11-8-9-12-21-13(3)4/h13-16,18H,6-12H2,1-5H3. The molecule has 3 unspecified atom stereocenters. The van der Waals surface area contributed by atoms with Gasteiger partial charge in [0, 0.05) is 13.2 Å². The molecule has 1 rings (SSSR count). The van der Waals surface area contributed by atoms with Gasteiger partial charge in [-0.25, -0.2) is 0 Å². The molecule has 0 radical (unpaired) electrons. The van der Waals surface area contributed by atoms with E-state index in [2.05, 4.69) is 44.8 Å². The van der Waals surface area contributed by atoms with E-state index in [4.69, 9.17) is 4.74 Å². The van der Waals surface area contributed by atoms with Crippen LogP contribution >= 0.6 is 0 Å².